The molecule has 2 heterocycles. The Bertz CT molecular complexity index is 689. The number of benzene rings is 1. The molecule has 21 heavy (non-hydrogen) atoms. The molecular weight excluding hydrogens is 260 g/mol. The normalized spacial score (nSPS) is 10.5. The molecule has 0 aliphatic heterocycles. The van der Waals surface area contributed by atoms with E-state index in [0.29, 0.717) is 0 Å². The number of rotatable bonds is 5. The molecular formula is C17H18N4. The Morgan fingerprint density at radius 1 is 1.05 bits per heavy atom. The van der Waals surface area contributed by atoms with Crippen LogP contribution < -0.4 is 5.32 Å². The number of aromatic nitrogens is 3. The number of para-hydroxylation sites is 1. The lowest BCUT2D eigenvalue weighted by Gasteiger charge is -2.09. The van der Waals surface area contributed by atoms with Crippen LogP contribution in [0.5, 0.6) is 0 Å². The van der Waals surface area contributed by atoms with Gasteiger partial charge in [0, 0.05) is 36.7 Å². The average Bonchev–Trinajstić information content (AvgIpc) is 2.90. The van der Waals surface area contributed by atoms with Crippen LogP contribution in [-0.4, -0.2) is 21.1 Å². The Morgan fingerprint density at radius 2 is 1.86 bits per heavy atom. The number of anilines is 1. The highest BCUT2D eigenvalue weighted by Crippen LogP contribution is 2.16. The molecule has 0 saturated heterocycles. The van der Waals surface area contributed by atoms with Crippen molar-refractivity contribution in [2.24, 2.45) is 0 Å². The van der Waals surface area contributed by atoms with E-state index in [1.54, 1.807) is 0 Å². The molecule has 0 saturated carbocycles. The molecule has 0 radical (unpaired) electrons. The summed E-state index contributed by atoms with van der Waals surface area (Å²) >= 11 is 0. The molecule has 4 nitrogen and oxygen atoms in total. The van der Waals surface area contributed by atoms with Gasteiger partial charge in [0.15, 0.2) is 0 Å². The van der Waals surface area contributed by atoms with Crippen molar-refractivity contribution in [1.29, 1.82) is 0 Å². The second kappa shape index (κ2) is 6.22. The van der Waals surface area contributed by atoms with Crippen LogP contribution in [0.1, 0.15) is 11.4 Å². The van der Waals surface area contributed by atoms with E-state index < -0.39 is 0 Å². The van der Waals surface area contributed by atoms with Crippen molar-refractivity contribution in [2.45, 2.75) is 13.3 Å². The first-order valence-electron chi connectivity index (χ1n) is 7.08. The minimum absolute atomic E-state index is 0.806. The van der Waals surface area contributed by atoms with Crippen molar-refractivity contribution in [3.05, 3.63) is 72.3 Å². The summed E-state index contributed by atoms with van der Waals surface area (Å²) in [4.78, 5) is 8.88. The van der Waals surface area contributed by atoms with Crippen LogP contribution in [0.25, 0.3) is 5.69 Å². The van der Waals surface area contributed by atoms with Gasteiger partial charge < -0.3 is 5.32 Å². The van der Waals surface area contributed by atoms with E-state index in [4.69, 9.17) is 0 Å². The second-order valence-corrected chi connectivity index (χ2v) is 4.91. The van der Waals surface area contributed by atoms with Gasteiger partial charge in [0.2, 0.25) is 5.95 Å². The van der Waals surface area contributed by atoms with Gasteiger partial charge in [-0.05, 0) is 31.2 Å². The first kappa shape index (κ1) is 13.4. The second-order valence-electron chi connectivity index (χ2n) is 4.91. The van der Waals surface area contributed by atoms with Crippen molar-refractivity contribution in [3.8, 4) is 5.69 Å². The summed E-state index contributed by atoms with van der Waals surface area (Å²) in [6.45, 7) is 2.81. The van der Waals surface area contributed by atoms with Crippen LogP contribution in [0.15, 0.2) is 60.9 Å². The van der Waals surface area contributed by atoms with Gasteiger partial charge in [0.05, 0.1) is 5.69 Å². The molecule has 1 aromatic carbocycles. The third-order valence-corrected chi connectivity index (χ3v) is 3.25. The maximum absolute atomic E-state index is 4.55. The fraction of sp³-hybridized carbons (Fsp3) is 0.176. The van der Waals surface area contributed by atoms with Crippen molar-refractivity contribution < 1.29 is 0 Å². The van der Waals surface area contributed by atoms with Crippen molar-refractivity contribution in [3.63, 3.8) is 0 Å². The Labute approximate surface area is 124 Å². The maximum Gasteiger partial charge on any atom is 0.207 e. The van der Waals surface area contributed by atoms with Crippen LogP contribution in [0.4, 0.5) is 5.95 Å². The van der Waals surface area contributed by atoms with Crippen LogP contribution in [0.2, 0.25) is 0 Å². The summed E-state index contributed by atoms with van der Waals surface area (Å²) < 4.78 is 2.08. The first-order chi connectivity index (χ1) is 10.3. The lowest BCUT2D eigenvalue weighted by atomic mass is 10.3. The monoisotopic (exact) mass is 278 g/mol. The van der Waals surface area contributed by atoms with E-state index in [1.165, 1.54) is 0 Å². The molecule has 1 N–H and O–H groups in total. The molecule has 0 spiro atoms. The molecule has 0 amide bonds. The zero-order valence-corrected chi connectivity index (χ0v) is 12.0. The molecule has 106 valence electrons. The lowest BCUT2D eigenvalue weighted by molar-refractivity contribution is 0.929. The van der Waals surface area contributed by atoms with E-state index in [2.05, 4.69) is 32.0 Å². The minimum atomic E-state index is 0.806. The summed E-state index contributed by atoms with van der Waals surface area (Å²) in [5.74, 6) is 0.870. The number of nitrogens with one attached hydrogen (secondary N) is 1. The van der Waals surface area contributed by atoms with Crippen LogP contribution in [-0.2, 0) is 6.42 Å². The molecule has 3 aromatic rings. The van der Waals surface area contributed by atoms with Crippen molar-refractivity contribution in [1.82, 2.24) is 14.5 Å². The number of nitrogens with zero attached hydrogens (tertiary/aromatic N) is 3. The summed E-state index contributed by atoms with van der Waals surface area (Å²) in [5, 5.41) is 3.39. The van der Waals surface area contributed by atoms with Crippen LogP contribution >= 0.6 is 0 Å². The van der Waals surface area contributed by atoms with Gasteiger partial charge in [-0.2, -0.15) is 0 Å². The highest BCUT2D eigenvalue weighted by atomic mass is 15.2. The van der Waals surface area contributed by atoms with Gasteiger partial charge in [-0.25, -0.2) is 4.98 Å². The molecule has 0 atom stereocenters. The summed E-state index contributed by atoms with van der Waals surface area (Å²) in [6.07, 6.45) is 4.74. The largest absolute Gasteiger partial charge is 0.355 e. The van der Waals surface area contributed by atoms with Gasteiger partial charge in [0.25, 0.3) is 0 Å². The topological polar surface area (TPSA) is 42.7 Å². The Kier molecular flexibility index (Phi) is 3.96. The van der Waals surface area contributed by atoms with Gasteiger partial charge in [0.1, 0.15) is 0 Å². The van der Waals surface area contributed by atoms with E-state index in [-0.39, 0.29) is 0 Å². The molecule has 0 fully saturated rings. The molecule has 3 rings (SSSR count). The molecule has 0 unspecified atom stereocenters. The zero-order valence-electron chi connectivity index (χ0n) is 12.0. The van der Waals surface area contributed by atoms with Gasteiger partial charge in [-0.15, -0.1) is 0 Å². The predicted molar refractivity (Wildman–Crippen MR) is 84.7 cm³/mol. The third kappa shape index (κ3) is 3.28. The molecule has 2 aromatic heterocycles. The number of hydrogen-bond donors (Lipinski definition) is 1. The van der Waals surface area contributed by atoms with Crippen molar-refractivity contribution >= 4 is 5.95 Å². The molecule has 0 aliphatic carbocycles. The fourth-order valence-electron chi connectivity index (χ4n) is 2.26. The number of imidazole rings is 1. The van der Waals surface area contributed by atoms with Crippen LogP contribution in [0.3, 0.4) is 0 Å². The zero-order chi connectivity index (χ0) is 14.5. The van der Waals surface area contributed by atoms with Crippen molar-refractivity contribution in [2.75, 3.05) is 11.9 Å². The third-order valence-electron chi connectivity index (χ3n) is 3.25. The predicted octanol–water partition coefficient (Wildman–Crippen LogP) is 3.23. The fourth-order valence-corrected chi connectivity index (χ4v) is 2.26. The number of aryl methyl sites for hydroxylation is 1. The summed E-state index contributed by atoms with van der Waals surface area (Å²) in [7, 11) is 0. The van der Waals surface area contributed by atoms with E-state index in [9.17, 15) is 0 Å². The van der Waals surface area contributed by atoms with Gasteiger partial charge >= 0.3 is 0 Å². The molecule has 0 aliphatic rings. The summed E-state index contributed by atoms with van der Waals surface area (Å²) in [5.41, 5.74) is 3.19. The van der Waals surface area contributed by atoms with Crippen LogP contribution in [0, 0.1) is 6.92 Å². The maximum atomic E-state index is 4.55. The van der Waals surface area contributed by atoms with E-state index in [0.717, 1.165) is 36.0 Å². The van der Waals surface area contributed by atoms with Gasteiger partial charge in [-0.1, -0.05) is 24.3 Å². The first-order valence-corrected chi connectivity index (χ1v) is 7.08. The smallest absolute Gasteiger partial charge is 0.207 e. The lowest BCUT2D eigenvalue weighted by Crippen LogP contribution is -2.10. The average molecular weight is 278 g/mol. The Balaban J connectivity index is 1.71. The Hall–Kier alpha value is -2.62. The minimum Gasteiger partial charge on any atom is -0.355 e. The van der Waals surface area contributed by atoms with E-state index >= 15 is 0 Å². The highest BCUT2D eigenvalue weighted by molar-refractivity contribution is 5.43. The Morgan fingerprint density at radius 3 is 2.62 bits per heavy atom. The van der Waals surface area contributed by atoms with Gasteiger partial charge in [-0.3, -0.25) is 9.55 Å². The van der Waals surface area contributed by atoms with E-state index in [1.807, 2.05) is 55.7 Å². The SMILES string of the molecule is Cc1cn(-c2ccccc2)c(NCCc2ccccn2)n1. The quantitative estimate of drug-likeness (QED) is 0.779. The number of hydrogen-bond acceptors (Lipinski definition) is 3. The standard InChI is InChI=1S/C17H18N4/c1-14-13-21(16-8-3-2-4-9-16)17(20-14)19-12-10-15-7-5-6-11-18-15/h2-9,11,13H,10,12H2,1H3,(H,19,20). The molecule has 0 bridgehead atoms. The highest BCUT2D eigenvalue weighted by Gasteiger charge is 2.06. The molecule has 4 heteroatoms. The number of pyridine rings is 1. The summed E-state index contributed by atoms with van der Waals surface area (Å²) in [6, 6.07) is 16.2.